The van der Waals surface area contributed by atoms with Gasteiger partial charge in [0.15, 0.2) is 0 Å². The zero-order valence-electron chi connectivity index (χ0n) is 14.5. The molecule has 0 saturated carbocycles. The minimum absolute atomic E-state index is 0.143. The number of nitrogens with one attached hydrogen (secondary N) is 1. The molecular formula is C20H20N4S2. The van der Waals surface area contributed by atoms with Gasteiger partial charge < -0.3 is 11.1 Å². The fourth-order valence-corrected chi connectivity index (χ4v) is 5.54. The molecule has 3 aromatic rings. The summed E-state index contributed by atoms with van der Waals surface area (Å²) in [5.41, 5.74) is 9.92. The molecule has 0 radical (unpaired) electrons. The Morgan fingerprint density at radius 2 is 2.23 bits per heavy atom. The number of anilines is 1. The molecule has 6 heteroatoms. The summed E-state index contributed by atoms with van der Waals surface area (Å²) in [5.74, 6) is 0.329. The van der Waals surface area contributed by atoms with Crippen molar-refractivity contribution < 1.29 is 0 Å². The third-order valence-corrected chi connectivity index (χ3v) is 7.20. The van der Waals surface area contributed by atoms with Crippen molar-refractivity contribution in [3.8, 4) is 6.07 Å². The third kappa shape index (κ3) is 3.14. The number of rotatable bonds is 4. The number of pyridine rings is 1. The first-order valence-electron chi connectivity index (χ1n) is 8.68. The van der Waals surface area contributed by atoms with Crippen LogP contribution in [0, 0.1) is 18.3 Å². The number of aryl methyl sites for hydroxylation is 1. The van der Waals surface area contributed by atoms with Gasteiger partial charge in [-0.1, -0.05) is 18.2 Å². The summed E-state index contributed by atoms with van der Waals surface area (Å²) in [7, 11) is 0. The van der Waals surface area contributed by atoms with Gasteiger partial charge in [0.1, 0.15) is 11.8 Å². The maximum Gasteiger partial charge on any atom is 0.143 e. The number of hydrogen-bond donors (Lipinski definition) is 2. The highest BCUT2D eigenvalue weighted by Gasteiger charge is 2.26. The maximum absolute atomic E-state index is 9.40. The van der Waals surface area contributed by atoms with Crippen molar-refractivity contribution in [2.24, 2.45) is 5.73 Å². The predicted molar refractivity (Wildman–Crippen MR) is 110 cm³/mol. The highest BCUT2D eigenvalue weighted by atomic mass is 32.1. The van der Waals surface area contributed by atoms with E-state index in [1.807, 2.05) is 6.07 Å². The average molecular weight is 381 g/mol. The van der Waals surface area contributed by atoms with Crippen LogP contribution < -0.4 is 11.1 Å². The Labute approximate surface area is 161 Å². The Bertz CT molecular complexity index is 995. The van der Waals surface area contributed by atoms with Crippen molar-refractivity contribution in [1.29, 1.82) is 5.26 Å². The third-order valence-electron chi connectivity index (χ3n) is 4.88. The quantitative estimate of drug-likeness (QED) is 0.631. The summed E-state index contributed by atoms with van der Waals surface area (Å²) in [4.78, 5) is 7.16. The zero-order valence-corrected chi connectivity index (χ0v) is 16.2. The van der Waals surface area contributed by atoms with Crippen LogP contribution in [0.4, 0.5) is 5.69 Å². The molecule has 0 amide bonds. The van der Waals surface area contributed by atoms with E-state index in [0.717, 1.165) is 40.9 Å². The molecule has 0 saturated heterocycles. The summed E-state index contributed by atoms with van der Waals surface area (Å²) in [6.45, 7) is 2.86. The van der Waals surface area contributed by atoms with Crippen LogP contribution in [0.1, 0.15) is 39.8 Å². The Balaban J connectivity index is 1.77. The summed E-state index contributed by atoms with van der Waals surface area (Å²) in [6, 6.07) is 8.36. The molecule has 0 spiro atoms. The second kappa shape index (κ2) is 7.20. The topological polar surface area (TPSA) is 74.7 Å². The first-order valence-corrected chi connectivity index (χ1v) is 10.4. The van der Waals surface area contributed by atoms with Crippen LogP contribution in [0.15, 0.2) is 35.7 Å². The molecule has 0 unspecified atom stereocenters. The van der Waals surface area contributed by atoms with Gasteiger partial charge in [0, 0.05) is 28.3 Å². The van der Waals surface area contributed by atoms with Crippen molar-refractivity contribution in [1.82, 2.24) is 4.98 Å². The minimum atomic E-state index is 0.143. The van der Waals surface area contributed by atoms with E-state index in [-0.39, 0.29) is 6.04 Å². The molecule has 0 aliphatic heterocycles. The smallest absolute Gasteiger partial charge is 0.143 e. The van der Waals surface area contributed by atoms with E-state index < -0.39 is 0 Å². The summed E-state index contributed by atoms with van der Waals surface area (Å²) >= 11 is 3.50. The highest BCUT2D eigenvalue weighted by Crippen LogP contribution is 2.42. The molecule has 0 fully saturated rings. The minimum Gasteiger partial charge on any atom is -0.379 e. The fourth-order valence-electron chi connectivity index (χ4n) is 3.47. The van der Waals surface area contributed by atoms with Crippen LogP contribution in [0.25, 0.3) is 10.2 Å². The molecular weight excluding hydrogens is 360 g/mol. The molecule has 1 aliphatic rings. The highest BCUT2D eigenvalue weighted by molar-refractivity contribution is 7.20. The summed E-state index contributed by atoms with van der Waals surface area (Å²) in [6.07, 6.45) is 6.28. The molecule has 3 heterocycles. The molecule has 2 atom stereocenters. The molecule has 4 rings (SSSR count). The van der Waals surface area contributed by atoms with Crippen molar-refractivity contribution in [3.63, 3.8) is 0 Å². The van der Waals surface area contributed by atoms with E-state index in [9.17, 15) is 5.26 Å². The van der Waals surface area contributed by atoms with Crippen LogP contribution >= 0.6 is 22.7 Å². The predicted octanol–water partition coefficient (Wildman–Crippen LogP) is 4.91. The van der Waals surface area contributed by atoms with Gasteiger partial charge in [0.2, 0.25) is 0 Å². The second-order valence-electron chi connectivity index (χ2n) is 6.58. The number of aromatic nitrogens is 1. The Morgan fingerprint density at radius 3 is 2.96 bits per heavy atom. The maximum atomic E-state index is 9.40. The molecule has 1 aliphatic carbocycles. The largest absolute Gasteiger partial charge is 0.379 e. The monoisotopic (exact) mass is 380 g/mol. The van der Waals surface area contributed by atoms with Crippen LogP contribution in [0.2, 0.25) is 0 Å². The van der Waals surface area contributed by atoms with E-state index >= 15 is 0 Å². The van der Waals surface area contributed by atoms with Gasteiger partial charge in [0.25, 0.3) is 0 Å². The van der Waals surface area contributed by atoms with E-state index in [0.29, 0.717) is 11.6 Å². The van der Waals surface area contributed by atoms with Gasteiger partial charge in [0.05, 0.1) is 15.9 Å². The number of nitrogens with two attached hydrogens (primary N) is 1. The van der Waals surface area contributed by atoms with Crippen molar-refractivity contribution in [2.75, 3.05) is 5.32 Å². The van der Waals surface area contributed by atoms with Gasteiger partial charge in [-0.25, -0.2) is 4.98 Å². The number of nitrogens with zero attached hydrogens (tertiary/aromatic N) is 2. The van der Waals surface area contributed by atoms with Crippen LogP contribution in [-0.4, -0.2) is 11.0 Å². The van der Waals surface area contributed by atoms with E-state index in [4.69, 9.17) is 5.73 Å². The van der Waals surface area contributed by atoms with Crippen LogP contribution in [0.5, 0.6) is 0 Å². The fraction of sp³-hybridized carbons (Fsp3) is 0.300. The molecule has 0 bridgehead atoms. The van der Waals surface area contributed by atoms with Crippen LogP contribution in [-0.2, 0) is 6.54 Å². The van der Waals surface area contributed by atoms with Gasteiger partial charge in [-0.2, -0.15) is 5.26 Å². The van der Waals surface area contributed by atoms with Crippen molar-refractivity contribution in [2.45, 2.75) is 38.3 Å². The van der Waals surface area contributed by atoms with Gasteiger partial charge >= 0.3 is 0 Å². The summed E-state index contributed by atoms with van der Waals surface area (Å²) < 4.78 is 1.12. The lowest BCUT2D eigenvalue weighted by Gasteiger charge is -2.24. The van der Waals surface area contributed by atoms with Gasteiger partial charge in [-0.05, 0) is 42.8 Å². The first kappa shape index (κ1) is 17.2. The Kier molecular flexibility index (Phi) is 4.77. The first-order chi connectivity index (χ1) is 12.7. The Hall–Kier alpha value is -2.20. The standard InChI is InChI=1S/C20H20N4S2/c1-12-18-20(26-19(12)15-6-2-3-7-16(15)22)17(9-13(10-21)24-18)23-11-14-5-4-8-25-14/h2-5,8-9,15-16H,6-7,11,22H2,1H3,(H,23,24)/t15-,16-/m0/s1. The molecule has 132 valence electrons. The molecule has 26 heavy (non-hydrogen) atoms. The number of fused-ring (bicyclic) bond motifs is 1. The average Bonchev–Trinajstić information content (AvgIpc) is 3.28. The summed E-state index contributed by atoms with van der Waals surface area (Å²) in [5, 5.41) is 15.0. The number of allylic oxidation sites excluding steroid dienone is 1. The number of nitriles is 1. The number of thiophene rings is 2. The lowest BCUT2D eigenvalue weighted by Crippen LogP contribution is -2.29. The normalized spacial score (nSPS) is 19.6. The molecule has 3 N–H and O–H groups in total. The molecule has 0 aromatic carbocycles. The Morgan fingerprint density at radius 1 is 1.38 bits per heavy atom. The zero-order chi connectivity index (χ0) is 18.1. The van der Waals surface area contributed by atoms with Crippen molar-refractivity contribution in [3.05, 3.63) is 56.7 Å². The number of hydrogen-bond acceptors (Lipinski definition) is 6. The second-order valence-corrected chi connectivity index (χ2v) is 8.67. The lowest BCUT2D eigenvalue weighted by molar-refractivity contribution is 0.526. The molecule has 3 aromatic heterocycles. The van der Waals surface area contributed by atoms with Gasteiger partial charge in [-0.15, -0.1) is 22.7 Å². The molecule has 4 nitrogen and oxygen atoms in total. The lowest BCUT2D eigenvalue weighted by atomic mass is 9.87. The van der Waals surface area contributed by atoms with E-state index in [1.54, 1.807) is 22.7 Å². The van der Waals surface area contributed by atoms with Crippen molar-refractivity contribution >= 4 is 38.6 Å². The van der Waals surface area contributed by atoms with Gasteiger partial charge in [-0.3, -0.25) is 0 Å². The SMILES string of the molecule is Cc1c([C@H]2CC=CC[C@@H]2N)sc2c(NCc3cccs3)cc(C#N)nc12. The van der Waals surface area contributed by atoms with Crippen LogP contribution in [0.3, 0.4) is 0 Å². The van der Waals surface area contributed by atoms with E-state index in [1.165, 1.54) is 9.75 Å². The van der Waals surface area contributed by atoms with E-state index in [2.05, 4.69) is 53.0 Å².